The summed E-state index contributed by atoms with van der Waals surface area (Å²) in [7, 11) is 0. The van der Waals surface area contributed by atoms with Gasteiger partial charge < -0.3 is 9.80 Å². The molecule has 338 valence electrons. The Morgan fingerprint density at radius 2 is 0.971 bits per heavy atom. The van der Waals surface area contributed by atoms with Gasteiger partial charge >= 0.3 is 0 Å². The molecule has 70 heavy (non-hydrogen) atoms. The maximum Gasteiger partial charge on any atom is 0.0616 e. The maximum atomic E-state index is 2.60. The molecule has 2 heterocycles. The highest BCUT2D eigenvalue weighted by Gasteiger charge is 2.34. The zero-order valence-corrected chi connectivity index (χ0v) is 41.3. The molecule has 0 saturated heterocycles. The summed E-state index contributed by atoms with van der Waals surface area (Å²) in [6.07, 6.45) is 15.1. The molecule has 0 fully saturated rings. The Balaban J connectivity index is 1.06. The lowest BCUT2D eigenvalue weighted by molar-refractivity contribution is 0.291. The largest absolute Gasteiger partial charge is 0.310 e. The highest BCUT2D eigenvalue weighted by Crippen LogP contribution is 2.54. The molecule has 9 aromatic carbocycles. The molecule has 0 amide bonds. The highest BCUT2D eigenvalue weighted by molar-refractivity contribution is 7.26. The van der Waals surface area contributed by atoms with Crippen molar-refractivity contribution >= 4 is 108 Å². The van der Waals surface area contributed by atoms with Crippen LogP contribution in [0, 0.1) is 11.3 Å². The third kappa shape index (κ3) is 7.20. The third-order valence-electron chi connectivity index (χ3n) is 14.7. The third-order valence-corrected chi connectivity index (χ3v) is 17.1. The molecule has 2 aromatic heterocycles. The first kappa shape index (κ1) is 42.6. The molecular weight excluding hydrogens is 885 g/mol. The van der Waals surface area contributed by atoms with Gasteiger partial charge in [0.15, 0.2) is 0 Å². The van der Waals surface area contributed by atoms with Crippen molar-refractivity contribution in [2.24, 2.45) is 11.3 Å². The number of fused-ring (bicyclic) bond motifs is 8. The van der Waals surface area contributed by atoms with Gasteiger partial charge in [0.1, 0.15) is 0 Å². The number of benzene rings is 9. The quantitative estimate of drug-likeness (QED) is 0.140. The molecule has 0 spiro atoms. The van der Waals surface area contributed by atoms with Gasteiger partial charge in [-0.1, -0.05) is 185 Å². The van der Waals surface area contributed by atoms with Gasteiger partial charge in [0.2, 0.25) is 0 Å². The SMILES string of the molecule is CC(C)(C)C1C=Cc2c(c(N(C3=CCCC=C3)c3cccc(-c4cccc5c4sc4ccccc45)c3)c3ccccc3c2N(c2ccccc2)c2cccc(-c3cccc4c3sc3ccccc34)c2)C1. The van der Waals surface area contributed by atoms with E-state index in [0.29, 0.717) is 5.92 Å². The fraction of sp³-hybridized carbons (Fsp3) is 0.121. The Morgan fingerprint density at radius 3 is 1.56 bits per heavy atom. The summed E-state index contributed by atoms with van der Waals surface area (Å²) in [6.45, 7) is 7.20. The van der Waals surface area contributed by atoms with Crippen LogP contribution in [-0.4, -0.2) is 0 Å². The van der Waals surface area contributed by atoms with E-state index in [-0.39, 0.29) is 5.41 Å². The van der Waals surface area contributed by atoms with E-state index in [1.54, 1.807) is 0 Å². The normalized spacial score (nSPS) is 14.7. The van der Waals surface area contributed by atoms with Crippen molar-refractivity contribution in [3.63, 3.8) is 0 Å². The van der Waals surface area contributed by atoms with Crippen LogP contribution < -0.4 is 9.80 Å². The minimum absolute atomic E-state index is 0.0516. The van der Waals surface area contributed by atoms with Gasteiger partial charge in [-0.3, -0.25) is 0 Å². The smallest absolute Gasteiger partial charge is 0.0616 e. The van der Waals surface area contributed by atoms with Crippen molar-refractivity contribution in [1.29, 1.82) is 0 Å². The van der Waals surface area contributed by atoms with Crippen LogP contribution in [0.15, 0.2) is 218 Å². The number of allylic oxidation sites excluding steroid dienone is 4. The first-order valence-corrected chi connectivity index (χ1v) is 26.3. The van der Waals surface area contributed by atoms with E-state index in [9.17, 15) is 0 Å². The van der Waals surface area contributed by atoms with E-state index >= 15 is 0 Å². The number of para-hydroxylation sites is 1. The molecule has 0 aliphatic heterocycles. The minimum Gasteiger partial charge on any atom is -0.310 e. The van der Waals surface area contributed by atoms with E-state index in [0.717, 1.165) is 30.6 Å². The molecule has 4 heteroatoms. The summed E-state index contributed by atoms with van der Waals surface area (Å²) < 4.78 is 5.30. The van der Waals surface area contributed by atoms with Gasteiger partial charge in [-0.2, -0.15) is 0 Å². The molecule has 0 bridgehead atoms. The van der Waals surface area contributed by atoms with Crippen LogP contribution in [-0.2, 0) is 6.42 Å². The average Bonchev–Trinajstić information content (AvgIpc) is 3.99. The molecular formula is C66H52N2S2. The van der Waals surface area contributed by atoms with Crippen LogP contribution in [0.2, 0.25) is 0 Å². The molecule has 2 nitrogen and oxygen atoms in total. The zero-order valence-electron chi connectivity index (χ0n) is 39.7. The Bertz CT molecular complexity index is 3930. The number of anilines is 5. The molecule has 13 rings (SSSR count). The van der Waals surface area contributed by atoms with Gasteiger partial charge in [-0.25, -0.2) is 0 Å². The average molecular weight is 937 g/mol. The molecule has 0 N–H and O–H groups in total. The molecule has 2 aliphatic carbocycles. The van der Waals surface area contributed by atoms with Crippen molar-refractivity contribution in [1.82, 2.24) is 0 Å². The standard InChI is InChI=1S/C66H52N2S2/c1-66(2,3)45-38-39-56-59(42-45)63(68(47-24-8-5-9-25-47)49-27-17-21-44(41-49)51-33-19-35-58-53-29-13-15-37-61(53)70-65(51)58)55-31-11-10-30-54(55)62(56)67(46-22-6-4-7-23-46)48-26-16-20-43(40-48)50-32-18-34-57-52-28-12-14-36-60(52)69-64(50)57/h4,6-8,10-41,45H,5,9,42H2,1-3H3. The predicted molar refractivity (Wildman–Crippen MR) is 306 cm³/mol. The topological polar surface area (TPSA) is 6.48 Å². The summed E-state index contributed by atoms with van der Waals surface area (Å²) in [5, 5.41) is 7.73. The van der Waals surface area contributed by atoms with Crippen molar-refractivity contribution in [3.05, 3.63) is 229 Å². The minimum atomic E-state index is 0.0516. The van der Waals surface area contributed by atoms with Crippen LogP contribution in [0.1, 0.15) is 44.7 Å². The summed E-state index contributed by atoms with van der Waals surface area (Å²) >= 11 is 3.79. The second-order valence-electron chi connectivity index (χ2n) is 19.9. The molecule has 0 saturated carbocycles. The van der Waals surface area contributed by atoms with Crippen LogP contribution in [0.4, 0.5) is 28.4 Å². The van der Waals surface area contributed by atoms with Crippen LogP contribution >= 0.6 is 22.7 Å². The number of nitrogens with zero attached hydrogens (tertiary/aromatic N) is 2. The van der Waals surface area contributed by atoms with Crippen molar-refractivity contribution in [2.45, 2.75) is 40.0 Å². The lowest BCUT2D eigenvalue weighted by Crippen LogP contribution is -2.27. The Morgan fingerprint density at radius 1 is 0.457 bits per heavy atom. The fourth-order valence-electron chi connectivity index (χ4n) is 11.2. The molecule has 1 atom stereocenters. The number of hydrogen-bond donors (Lipinski definition) is 0. The Kier molecular flexibility index (Phi) is 10.4. The van der Waals surface area contributed by atoms with Crippen molar-refractivity contribution in [2.75, 3.05) is 9.80 Å². The Hall–Kier alpha value is -7.50. The summed E-state index contributed by atoms with van der Waals surface area (Å²) in [6, 6.07) is 70.1. The van der Waals surface area contributed by atoms with Gasteiger partial charge in [0.05, 0.1) is 11.4 Å². The lowest BCUT2D eigenvalue weighted by Gasteiger charge is -2.39. The number of hydrogen-bond acceptors (Lipinski definition) is 4. The molecule has 2 aliphatic rings. The molecule has 1 unspecified atom stereocenters. The second-order valence-corrected chi connectivity index (χ2v) is 22.1. The van der Waals surface area contributed by atoms with Gasteiger partial charge in [0, 0.05) is 79.4 Å². The van der Waals surface area contributed by atoms with Gasteiger partial charge in [-0.15, -0.1) is 22.7 Å². The van der Waals surface area contributed by atoms with Crippen LogP contribution in [0.3, 0.4) is 0 Å². The summed E-state index contributed by atoms with van der Waals surface area (Å²) in [5.41, 5.74) is 14.8. The van der Waals surface area contributed by atoms with E-state index in [1.807, 2.05) is 22.7 Å². The molecule has 0 radical (unpaired) electrons. The monoisotopic (exact) mass is 936 g/mol. The van der Waals surface area contributed by atoms with E-state index in [1.165, 1.54) is 107 Å². The molecule has 11 aromatic rings. The predicted octanol–water partition coefficient (Wildman–Crippen LogP) is 20.0. The van der Waals surface area contributed by atoms with Crippen LogP contribution in [0.25, 0.3) is 79.4 Å². The zero-order chi connectivity index (χ0) is 46.9. The van der Waals surface area contributed by atoms with Crippen molar-refractivity contribution in [3.8, 4) is 22.3 Å². The number of rotatable bonds is 8. The van der Waals surface area contributed by atoms with Crippen molar-refractivity contribution < 1.29 is 0 Å². The van der Waals surface area contributed by atoms with E-state index < -0.39 is 0 Å². The summed E-state index contributed by atoms with van der Waals surface area (Å²) in [4.78, 5) is 5.14. The Labute approximate surface area is 418 Å². The van der Waals surface area contributed by atoms with Gasteiger partial charge in [-0.05, 0) is 113 Å². The van der Waals surface area contributed by atoms with Crippen LogP contribution in [0.5, 0.6) is 0 Å². The van der Waals surface area contributed by atoms with Gasteiger partial charge in [0.25, 0.3) is 0 Å². The second kappa shape index (κ2) is 17.2. The fourth-order valence-corrected chi connectivity index (χ4v) is 13.7. The lowest BCUT2D eigenvalue weighted by atomic mass is 9.72. The first-order valence-electron chi connectivity index (χ1n) is 24.7. The first-order chi connectivity index (χ1) is 34.4. The van der Waals surface area contributed by atoms with E-state index in [2.05, 4.69) is 249 Å². The maximum absolute atomic E-state index is 2.60. The van der Waals surface area contributed by atoms with E-state index in [4.69, 9.17) is 0 Å². The highest BCUT2D eigenvalue weighted by atomic mass is 32.1. The summed E-state index contributed by atoms with van der Waals surface area (Å²) in [5.74, 6) is 0.331. The number of thiophene rings is 2.